The lowest BCUT2D eigenvalue weighted by Gasteiger charge is -2.34. The molecule has 0 radical (unpaired) electrons. The Morgan fingerprint density at radius 1 is 1.18 bits per heavy atom. The lowest BCUT2D eigenvalue weighted by atomic mass is 9.97. The Bertz CT molecular complexity index is 488. The molecule has 8 heteroatoms. The van der Waals surface area contributed by atoms with Gasteiger partial charge in [-0.1, -0.05) is 6.08 Å². The van der Waals surface area contributed by atoms with Crippen molar-refractivity contribution in [3.63, 3.8) is 0 Å². The molecule has 1 saturated heterocycles. The molecule has 1 aromatic carbocycles. The highest BCUT2D eigenvalue weighted by atomic mass is 35.5. The van der Waals surface area contributed by atoms with E-state index in [9.17, 15) is 17.6 Å². The average Bonchev–Trinajstić information content (AvgIpc) is 2.39. The minimum Gasteiger partial charge on any atom is -0.314 e. The van der Waals surface area contributed by atoms with Gasteiger partial charge in [0.25, 0.3) is 0 Å². The summed E-state index contributed by atoms with van der Waals surface area (Å²) in [5.74, 6) is -0.671. The van der Waals surface area contributed by atoms with Crippen LogP contribution in [-0.2, 0) is 6.18 Å². The zero-order valence-corrected chi connectivity index (χ0v) is 13.3. The summed E-state index contributed by atoms with van der Waals surface area (Å²) in [6.07, 6.45) is -3.06. The van der Waals surface area contributed by atoms with Crippen LogP contribution in [0.2, 0.25) is 0 Å². The smallest absolute Gasteiger partial charge is 0.314 e. The minimum absolute atomic E-state index is 0. The molecule has 126 valence electrons. The molecule has 1 aromatic rings. The molecule has 1 fully saturated rings. The Morgan fingerprint density at radius 3 is 2.27 bits per heavy atom. The van der Waals surface area contributed by atoms with Crippen LogP contribution in [0.5, 0.6) is 0 Å². The topological polar surface area (TPSA) is 15.3 Å². The summed E-state index contributed by atoms with van der Waals surface area (Å²) >= 11 is 0. The van der Waals surface area contributed by atoms with Gasteiger partial charge in [0.15, 0.2) is 0 Å². The van der Waals surface area contributed by atoms with Crippen LogP contribution in [0.15, 0.2) is 30.9 Å². The number of nitrogens with one attached hydrogen (secondary N) is 1. The third-order valence-electron chi connectivity index (χ3n) is 3.41. The van der Waals surface area contributed by atoms with E-state index in [2.05, 4.69) is 11.9 Å². The predicted octanol–water partition coefficient (Wildman–Crippen LogP) is 3.82. The molecule has 1 N–H and O–H groups in total. The van der Waals surface area contributed by atoms with Crippen molar-refractivity contribution >= 4 is 24.8 Å². The first-order valence-electron chi connectivity index (χ1n) is 6.37. The summed E-state index contributed by atoms with van der Waals surface area (Å²) in [6, 6.07) is 1.95. The molecule has 1 aliphatic heterocycles. The van der Waals surface area contributed by atoms with Crippen LogP contribution in [0.1, 0.15) is 17.2 Å². The predicted molar refractivity (Wildman–Crippen MR) is 83.3 cm³/mol. The van der Waals surface area contributed by atoms with E-state index in [1.807, 2.05) is 4.90 Å². The van der Waals surface area contributed by atoms with Gasteiger partial charge in [0.2, 0.25) is 0 Å². The lowest BCUT2D eigenvalue weighted by molar-refractivity contribution is -0.138. The number of benzene rings is 1. The number of rotatable bonds is 3. The molecule has 0 saturated carbocycles. The Kier molecular flexibility index (Phi) is 8.39. The first-order chi connectivity index (χ1) is 9.43. The summed E-state index contributed by atoms with van der Waals surface area (Å²) < 4.78 is 52.5. The van der Waals surface area contributed by atoms with E-state index in [-0.39, 0.29) is 30.4 Å². The van der Waals surface area contributed by atoms with E-state index < -0.39 is 23.6 Å². The Morgan fingerprint density at radius 2 is 1.77 bits per heavy atom. The van der Waals surface area contributed by atoms with E-state index in [1.165, 1.54) is 6.08 Å². The average molecular weight is 361 g/mol. The maximum atomic E-state index is 13.4. The van der Waals surface area contributed by atoms with Crippen molar-refractivity contribution in [2.75, 3.05) is 26.2 Å². The molecule has 0 spiro atoms. The first-order valence-corrected chi connectivity index (χ1v) is 6.37. The molecular weight excluding hydrogens is 343 g/mol. The number of hydrogen-bond acceptors (Lipinski definition) is 2. The number of hydrogen-bond donors (Lipinski definition) is 1. The number of halogens is 6. The lowest BCUT2D eigenvalue weighted by Crippen LogP contribution is -2.45. The molecule has 0 amide bonds. The highest BCUT2D eigenvalue weighted by Crippen LogP contribution is 2.37. The number of nitrogens with zero attached hydrogens (tertiary/aromatic N) is 1. The molecular formula is C14H18Cl2F4N2. The summed E-state index contributed by atoms with van der Waals surface area (Å²) in [5, 5.41) is 3.13. The maximum absolute atomic E-state index is 13.4. The van der Waals surface area contributed by atoms with Crippen LogP contribution in [0.25, 0.3) is 0 Å². The Hall–Kier alpha value is -0.820. The van der Waals surface area contributed by atoms with Crippen LogP contribution in [-0.4, -0.2) is 31.1 Å². The Labute approximate surface area is 139 Å². The van der Waals surface area contributed by atoms with Gasteiger partial charge in [-0.05, 0) is 23.8 Å². The third-order valence-corrected chi connectivity index (χ3v) is 3.41. The van der Waals surface area contributed by atoms with Gasteiger partial charge in [0, 0.05) is 26.2 Å². The van der Waals surface area contributed by atoms with Crippen molar-refractivity contribution in [2.45, 2.75) is 12.2 Å². The molecule has 1 atom stereocenters. The van der Waals surface area contributed by atoms with Crippen LogP contribution in [0.3, 0.4) is 0 Å². The van der Waals surface area contributed by atoms with Gasteiger partial charge in [-0.3, -0.25) is 4.90 Å². The van der Waals surface area contributed by atoms with Crippen molar-refractivity contribution in [2.24, 2.45) is 0 Å². The van der Waals surface area contributed by atoms with Crippen molar-refractivity contribution in [1.82, 2.24) is 10.2 Å². The van der Waals surface area contributed by atoms with Crippen molar-refractivity contribution in [3.8, 4) is 0 Å². The second-order valence-corrected chi connectivity index (χ2v) is 4.70. The van der Waals surface area contributed by atoms with Gasteiger partial charge in [-0.15, -0.1) is 31.4 Å². The van der Waals surface area contributed by atoms with E-state index >= 15 is 0 Å². The fourth-order valence-corrected chi connectivity index (χ4v) is 2.47. The summed E-state index contributed by atoms with van der Waals surface area (Å²) in [6.45, 7) is 6.21. The fourth-order valence-electron chi connectivity index (χ4n) is 2.47. The second kappa shape index (κ2) is 8.72. The highest BCUT2D eigenvalue weighted by molar-refractivity contribution is 5.85. The molecule has 0 bridgehead atoms. The monoisotopic (exact) mass is 360 g/mol. The summed E-state index contributed by atoms with van der Waals surface area (Å²) in [7, 11) is 0. The molecule has 22 heavy (non-hydrogen) atoms. The first kappa shape index (κ1) is 21.2. The van der Waals surface area contributed by atoms with E-state index in [1.54, 1.807) is 0 Å². The maximum Gasteiger partial charge on any atom is 0.416 e. The molecule has 1 aliphatic rings. The van der Waals surface area contributed by atoms with Crippen molar-refractivity contribution < 1.29 is 17.6 Å². The third kappa shape index (κ3) is 4.84. The Balaban J connectivity index is 0.00000220. The van der Waals surface area contributed by atoms with Crippen LogP contribution >= 0.6 is 24.8 Å². The standard InChI is InChI=1S/C14H16F4N2.2ClH/c1-2-13(20-7-5-19-6-8-20)11-9-10(15)3-4-12(11)14(16,17)18;;/h2-4,9,13,19H,1,5-8H2;2*1H/t13-;;/m1../s1. The van der Waals surface area contributed by atoms with Gasteiger partial charge in [0.1, 0.15) is 5.82 Å². The molecule has 0 unspecified atom stereocenters. The normalized spacial score (nSPS) is 17.1. The molecule has 0 aromatic heterocycles. The quantitative estimate of drug-likeness (QED) is 0.651. The van der Waals surface area contributed by atoms with Crippen LogP contribution in [0.4, 0.5) is 17.6 Å². The number of piperazine rings is 1. The zero-order chi connectivity index (χ0) is 14.8. The van der Waals surface area contributed by atoms with Crippen molar-refractivity contribution in [3.05, 3.63) is 47.8 Å². The van der Waals surface area contributed by atoms with Crippen molar-refractivity contribution in [1.29, 1.82) is 0 Å². The minimum atomic E-state index is -4.50. The SMILES string of the molecule is C=C[C@H](c1cc(F)ccc1C(F)(F)F)N1CCNCC1.Cl.Cl. The largest absolute Gasteiger partial charge is 0.416 e. The zero-order valence-electron chi connectivity index (χ0n) is 11.7. The van der Waals surface area contributed by atoms with Gasteiger partial charge in [0.05, 0.1) is 11.6 Å². The van der Waals surface area contributed by atoms with Crippen LogP contribution < -0.4 is 5.32 Å². The molecule has 2 rings (SSSR count). The van der Waals surface area contributed by atoms with Gasteiger partial charge < -0.3 is 5.32 Å². The fraction of sp³-hybridized carbons (Fsp3) is 0.429. The molecule has 0 aliphatic carbocycles. The van der Waals surface area contributed by atoms with Gasteiger partial charge in [-0.25, -0.2) is 4.39 Å². The summed E-state index contributed by atoms with van der Waals surface area (Å²) in [4.78, 5) is 1.87. The van der Waals surface area contributed by atoms with E-state index in [4.69, 9.17) is 0 Å². The molecule has 1 heterocycles. The van der Waals surface area contributed by atoms with Gasteiger partial charge >= 0.3 is 6.18 Å². The van der Waals surface area contributed by atoms with E-state index in [0.29, 0.717) is 26.2 Å². The summed E-state index contributed by atoms with van der Waals surface area (Å²) in [5.41, 5.74) is -0.878. The van der Waals surface area contributed by atoms with Crippen LogP contribution in [0, 0.1) is 5.82 Å². The van der Waals surface area contributed by atoms with Gasteiger partial charge in [-0.2, -0.15) is 13.2 Å². The molecule has 2 nitrogen and oxygen atoms in total. The second-order valence-electron chi connectivity index (χ2n) is 4.70. The number of alkyl halides is 3. The van der Waals surface area contributed by atoms with E-state index in [0.717, 1.165) is 18.2 Å². The highest BCUT2D eigenvalue weighted by Gasteiger charge is 2.36.